The number of hydrogen-bond acceptors (Lipinski definition) is 7. The van der Waals surface area contributed by atoms with Crippen molar-refractivity contribution < 1.29 is 14.3 Å². The zero-order chi connectivity index (χ0) is 21.7. The first-order valence-electron chi connectivity index (χ1n) is 11.1. The number of ether oxygens (including phenoxy) is 2. The molecule has 4 atom stereocenters. The van der Waals surface area contributed by atoms with Gasteiger partial charge in [0.05, 0.1) is 18.2 Å². The van der Waals surface area contributed by atoms with Crippen LogP contribution < -0.4 is 20.8 Å². The maximum absolute atomic E-state index is 13.0. The Morgan fingerprint density at radius 2 is 2.00 bits per heavy atom. The van der Waals surface area contributed by atoms with Crippen molar-refractivity contribution in [2.45, 2.75) is 38.8 Å². The minimum atomic E-state index is -0.871. The van der Waals surface area contributed by atoms with E-state index in [2.05, 4.69) is 24.0 Å². The fraction of sp³-hybridized carbons (Fsp3) is 0.522. The quantitative estimate of drug-likeness (QED) is 0.595. The standard InChI is InChI=1S/C23H28N4O4/c1-3-30-23(29)31-19-12-27(14-5-6-14)22-15(21(19)28)7-9-20(25-22)26-10-16-13(2)4-8-18(24)17(16)11-26/h4,7-9,12-14,16-18H,3,5-6,10-11,24H2,1-2H3. The zero-order valence-corrected chi connectivity index (χ0v) is 17.9. The molecular weight excluding hydrogens is 396 g/mol. The Morgan fingerprint density at radius 3 is 2.71 bits per heavy atom. The Labute approximate surface area is 180 Å². The van der Waals surface area contributed by atoms with Crippen LogP contribution in [0.2, 0.25) is 0 Å². The van der Waals surface area contributed by atoms with E-state index in [1.807, 2.05) is 10.6 Å². The van der Waals surface area contributed by atoms with Gasteiger partial charge in [-0.05, 0) is 43.7 Å². The lowest BCUT2D eigenvalue weighted by Gasteiger charge is -2.30. The van der Waals surface area contributed by atoms with Crippen molar-refractivity contribution in [1.82, 2.24) is 9.55 Å². The van der Waals surface area contributed by atoms with Crippen LogP contribution in [-0.2, 0) is 4.74 Å². The number of anilines is 1. The molecule has 2 aliphatic carbocycles. The Bertz CT molecular complexity index is 1090. The van der Waals surface area contributed by atoms with Gasteiger partial charge in [0.15, 0.2) is 5.75 Å². The highest BCUT2D eigenvalue weighted by molar-refractivity contribution is 5.79. The first-order chi connectivity index (χ1) is 15.0. The maximum Gasteiger partial charge on any atom is 0.514 e. The van der Waals surface area contributed by atoms with Crippen molar-refractivity contribution in [3.63, 3.8) is 0 Å². The Balaban J connectivity index is 1.51. The third kappa shape index (κ3) is 3.59. The van der Waals surface area contributed by atoms with Crippen LogP contribution in [0.5, 0.6) is 5.75 Å². The molecular formula is C23H28N4O4. The van der Waals surface area contributed by atoms with Crippen LogP contribution in [0.3, 0.4) is 0 Å². The van der Waals surface area contributed by atoms with Gasteiger partial charge in [-0.25, -0.2) is 9.78 Å². The number of aromatic nitrogens is 2. The van der Waals surface area contributed by atoms with E-state index in [9.17, 15) is 9.59 Å². The lowest BCUT2D eigenvalue weighted by molar-refractivity contribution is 0.104. The molecule has 3 aliphatic rings. The predicted molar refractivity (Wildman–Crippen MR) is 117 cm³/mol. The SMILES string of the molecule is CCOC(=O)Oc1cn(C2CC2)c2nc(N3CC4C(C)C=CC(N)C4C3)ccc2c1=O. The van der Waals surface area contributed by atoms with Crippen LogP contribution >= 0.6 is 0 Å². The number of allylic oxidation sites excluding steroid dienone is 1. The molecule has 5 rings (SSSR count). The number of carbonyl (C=O) groups is 1. The summed E-state index contributed by atoms with van der Waals surface area (Å²) in [6.07, 6.45) is 7.09. The molecule has 31 heavy (non-hydrogen) atoms. The lowest BCUT2D eigenvalue weighted by Crippen LogP contribution is -2.38. The molecule has 2 fully saturated rings. The molecule has 2 N–H and O–H groups in total. The molecule has 2 aromatic rings. The van der Waals surface area contributed by atoms with E-state index in [0.29, 0.717) is 28.8 Å². The summed E-state index contributed by atoms with van der Waals surface area (Å²) in [4.78, 5) is 31.9. The van der Waals surface area contributed by atoms with Gasteiger partial charge in [-0.15, -0.1) is 0 Å². The summed E-state index contributed by atoms with van der Waals surface area (Å²) < 4.78 is 12.0. The van der Waals surface area contributed by atoms with Crippen molar-refractivity contribution in [1.29, 1.82) is 0 Å². The van der Waals surface area contributed by atoms with Gasteiger partial charge in [0.1, 0.15) is 11.5 Å². The van der Waals surface area contributed by atoms with E-state index < -0.39 is 6.16 Å². The second kappa shape index (κ2) is 7.67. The van der Waals surface area contributed by atoms with Gasteiger partial charge in [0, 0.05) is 31.1 Å². The number of fused-ring (bicyclic) bond motifs is 2. The molecule has 0 radical (unpaired) electrons. The fourth-order valence-corrected chi connectivity index (χ4v) is 4.90. The number of nitrogens with two attached hydrogens (primary N) is 1. The van der Waals surface area contributed by atoms with Gasteiger partial charge in [-0.2, -0.15) is 0 Å². The molecule has 3 heterocycles. The smallest absolute Gasteiger partial charge is 0.434 e. The molecule has 164 valence electrons. The number of carbonyl (C=O) groups excluding carboxylic acids is 1. The summed E-state index contributed by atoms with van der Waals surface area (Å²) in [6, 6.07) is 4.00. The summed E-state index contributed by atoms with van der Waals surface area (Å²) >= 11 is 0. The van der Waals surface area contributed by atoms with Gasteiger partial charge in [-0.1, -0.05) is 19.1 Å². The van der Waals surface area contributed by atoms with Gasteiger partial charge >= 0.3 is 6.16 Å². The molecule has 1 saturated carbocycles. The minimum absolute atomic E-state index is 0.0227. The lowest BCUT2D eigenvalue weighted by atomic mass is 9.77. The van der Waals surface area contributed by atoms with Gasteiger partial charge in [0.2, 0.25) is 5.43 Å². The van der Waals surface area contributed by atoms with Crippen LogP contribution in [0.25, 0.3) is 11.0 Å². The van der Waals surface area contributed by atoms with Crippen molar-refractivity contribution in [2.75, 3.05) is 24.6 Å². The molecule has 4 unspecified atom stereocenters. The molecule has 8 heteroatoms. The Hall–Kier alpha value is -2.87. The van der Waals surface area contributed by atoms with Crippen LogP contribution in [0.15, 0.2) is 35.3 Å². The number of pyridine rings is 2. The number of hydrogen-bond donors (Lipinski definition) is 1. The van der Waals surface area contributed by atoms with Crippen LogP contribution in [-0.4, -0.2) is 41.4 Å². The van der Waals surface area contributed by atoms with E-state index in [-0.39, 0.29) is 29.9 Å². The third-order valence-electron chi connectivity index (χ3n) is 6.77. The molecule has 1 saturated heterocycles. The van der Waals surface area contributed by atoms with Crippen LogP contribution in [0.4, 0.5) is 10.6 Å². The largest absolute Gasteiger partial charge is 0.514 e. The highest BCUT2D eigenvalue weighted by Crippen LogP contribution is 2.39. The molecule has 0 spiro atoms. The second-order valence-electron chi connectivity index (χ2n) is 8.84. The third-order valence-corrected chi connectivity index (χ3v) is 6.77. The number of rotatable bonds is 4. The second-order valence-corrected chi connectivity index (χ2v) is 8.84. The molecule has 8 nitrogen and oxygen atoms in total. The fourth-order valence-electron chi connectivity index (χ4n) is 4.90. The molecule has 0 amide bonds. The van der Waals surface area contributed by atoms with Crippen molar-refractivity contribution >= 4 is 23.0 Å². The van der Waals surface area contributed by atoms with E-state index in [4.69, 9.17) is 20.2 Å². The molecule has 1 aliphatic heterocycles. The van der Waals surface area contributed by atoms with Crippen LogP contribution in [0, 0.1) is 17.8 Å². The van der Waals surface area contributed by atoms with E-state index in [1.54, 1.807) is 19.2 Å². The first kappa shape index (κ1) is 20.1. The summed E-state index contributed by atoms with van der Waals surface area (Å²) in [5.41, 5.74) is 6.63. The van der Waals surface area contributed by atoms with Gasteiger partial charge in [0.25, 0.3) is 0 Å². The van der Waals surface area contributed by atoms with E-state index in [1.165, 1.54) is 0 Å². The highest BCUT2D eigenvalue weighted by Gasteiger charge is 2.40. The summed E-state index contributed by atoms with van der Waals surface area (Å²) in [5.74, 6) is 2.23. The molecule has 2 aromatic heterocycles. The predicted octanol–water partition coefficient (Wildman–Crippen LogP) is 2.85. The van der Waals surface area contributed by atoms with Crippen LogP contribution in [0.1, 0.15) is 32.7 Å². The summed E-state index contributed by atoms with van der Waals surface area (Å²) in [5, 5.41) is 0.445. The first-order valence-corrected chi connectivity index (χ1v) is 11.1. The Kier molecular flexibility index (Phi) is 4.97. The molecule has 0 bridgehead atoms. The van der Waals surface area contributed by atoms with Gasteiger partial charge < -0.3 is 24.7 Å². The van der Waals surface area contributed by atoms with Gasteiger partial charge in [-0.3, -0.25) is 4.79 Å². The Morgan fingerprint density at radius 1 is 1.23 bits per heavy atom. The van der Waals surface area contributed by atoms with Crippen molar-refractivity contribution in [2.24, 2.45) is 23.5 Å². The van der Waals surface area contributed by atoms with E-state index >= 15 is 0 Å². The average Bonchev–Trinajstić information content (AvgIpc) is 3.49. The molecule has 0 aromatic carbocycles. The van der Waals surface area contributed by atoms with E-state index in [0.717, 1.165) is 31.7 Å². The minimum Gasteiger partial charge on any atom is -0.434 e. The summed E-state index contributed by atoms with van der Waals surface area (Å²) in [7, 11) is 0. The highest BCUT2D eigenvalue weighted by atomic mass is 16.7. The normalized spacial score (nSPS) is 27.4. The summed E-state index contributed by atoms with van der Waals surface area (Å²) in [6.45, 7) is 5.88. The number of nitrogens with zero attached hydrogens (tertiary/aromatic N) is 3. The maximum atomic E-state index is 13.0. The monoisotopic (exact) mass is 424 g/mol. The van der Waals surface area contributed by atoms with Crippen molar-refractivity contribution in [3.05, 3.63) is 40.7 Å². The average molecular weight is 425 g/mol. The zero-order valence-electron chi connectivity index (χ0n) is 17.9. The topological polar surface area (TPSA) is 99.7 Å². The van der Waals surface area contributed by atoms with Crippen molar-refractivity contribution in [3.8, 4) is 5.75 Å².